The van der Waals surface area contributed by atoms with Gasteiger partial charge in [-0.05, 0) is 17.2 Å². The van der Waals surface area contributed by atoms with Gasteiger partial charge in [-0.15, -0.1) is 0 Å². The van der Waals surface area contributed by atoms with E-state index in [-0.39, 0.29) is 0 Å². The molecule has 0 atom stereocenters. The molecule has 90 valence electrons. The molecule has 0 saturated carbocycles. The van der Waals surface area contributed by atoms with E-state index in [4.69, 9.17) is 0 Å². The highest BCUT2D eigenvalue weighted by molar-refractivity contribution is 5.72. The average Bonchev–Trinajstić information content (AvgIpc) is 2.82. The Kier molecular flexibility index (Phi) is 5.41. The highest BCUT2D eigenvalue weighted by atomic mass is 14.7. The smallest absolute Gasteiger partial charge is 0.0740 e. The number of fused-ring (bicyclic) bond motifs is 3. The molecule has 0 bridgehead atoms. The maximum Gasteiger partial charge on any atom is 0.0740 e. The molecule has 2 aromatic rings. The maximum absolute atomic E-state index is 4.40. The van der Waals surface area contributed by atoms with E-state index in [0.29, 0.717) is 0 Å². The van der Waals surface area contributed by atoms with Gasteiger partial charge in [-0.2, -0.15) is 0 Å². The first-order chi connectivity index (χ1) is 8.45. The summed E-state index contributed by atoms with van der Waals surface area (Å²) in [4.78, 5) is 4.40. The van der Waals surface area contributed by atoms with E-state index in [1.807, 2.05) is 40.0 Å². The van der Waals surface area contributed by atoms with Crippen LogP contribution in [0.15, 0.2) is 42.6 Å². The summed E-state index contributed by atoms with van der Waals surface area (Å²) in [7, 11) is 0. The first-order valence-corrected chi connectivity index (χ1v) is 6.47. The summed E-state index contributed by atoms with van der Waals surface area (Å²) in [6, 6.07) is 12.6. The lowest BCUT2D eigenvalue weighted by Gasteiger charge is -1.96. The Labute approximate surface area is 105 Å². The van der Waals surface area contributed by atoms with E-state index >= 15 is 0 Å². The molecule has 0 unspecified atom stereocenters. The van der Waals surface area contributed by atoms with E-state index in [2.05, 4.69) is 35.3 Å². The Bertz CT molecular complexity index is 417. The van der Waals surface area contributed by atoms with E-state index in [1.165, 1.54) is 16.7 Å². The van der Waals surface area contributed by atoms with Crippen molar-refractivity contribution in [2.45, 2.75) is 34.1 Å². The quantitative estimate of drug-likeness (QED) is 0.542. The zero-order valence-corrected chi connectivity index (χ0v) is 11.2. The number of benzene rings is 1. The van der Waals surface area contributed by atoms with Crippen LogP contribution in [-0.4, -0.2) is 4.98 Å². The Morgan fingerprint density at radius 1 is 0.824 bits per heavy atom. The lowest BCUT2D eigenvalue weighted by atomic mass is 10.1. The first kappa shape index (κ1) is 13.4. The Balaban J connectivity index is 0.000000330. The van der Waals surface area contributed by atoms with Crippen LogP contribution < -0.4 is 0 Å². The van der Waals surface area contributed by atoms with Gasteiger partial charge in [0, 0.05) is 18.2 Å². The highest BCUT2D eigenvalue weighted by Crippen LogP contribution is 2.33. The van der Waals surface area contributed by atoms with Gasteiger partial charge < -0.3 is 0 Å². The van der Waals surface area contributed by atoms with E-state index < -0.39 is 0 Å². The second-order valence-corrected chi connectivity index (χ2v) is 3.35. The van der Waals surface area contributed by atoms with Crippen LogP contribution in [0.1, 0.15) is 38.8 Å². The Morgan fingerprint density at radius 2 is 1.47 bits per heavy atom. The van der Waals surface area contributed by atoms with Crippen LogP contribution in [0.4, 0.5) is 0 Å². The zero-order chi connectivity index (χ0) is 12.7. The minimum absolute atomic E-state index is 1.04. The van der Waals surface area contributed by atoms with Crippen LogP contribution in [-0.2, 0) is 6.42 Å². The van der Waals surface area contributed by atoms with Crippen LogP contribution in [0.5, 0.6) is 0 Å². The molecule has 1 aliphatic carbocycles. The summed E-state index contributed by atoms with van der Waals surface area (Å²) in [6.45, 7) is 8.00. The second kappa shape index (κ2) is 6.85. The van der Waals surface area contributed by atoms with Crippen LogP contribution in [0.25, 0.3) is 11.3 Å². The molecule has 1 heterocycles. The molecule has 1 aliphatic rings. The third kappa shape index (κ3) is 2.73. The second-order valence-electron chi connectivity index (χ2n) is 3.35. The summed E-state index contributed by atoms with van der Waals surface area (Å²) in [6.07, 6.45) is 2.90. The minimum Gasteiger partial charge on any atom is -0.256 e. The van der Waals surface area contributed by atoms with Gasteiger partial charge in [0.1, 0.15) is 0 Å². The van der Waals surface area contributed by atoms with Gasteiger partial charge >= 0.3 is 0 Å². The number of hydrogen-bond donors (Lipinski definition) is 0. The fraction of sp³-hybridized carbons (Fsp3) is 0.312. The van der Waals surface area contributed by atoms with Crippen molar-refractivity contribution in [2.75, 3.05) is 0 Å². The number of hydrogen-bond acceptors (Lipinski definition) is 1. The summed E-state index contributed by atoms with van der Waals surface area (Å²) < 4.78 is 0. The zero-order valence-electron chi connectivity index (χ0n) is 11.2. The molecule has 1 aromatic heterocycles. The molecule has 17 heavy (non-hydrogen) atoms. The molecule has 0 N–H and O–H groups in total. The first-order valence-electron chi connectivity index (χ1n) is 6.47. The lowest BCUT2D eigenvalue weighted by molar-refractivity contribution is 1.23. The van der Waals surface area contributed by atoms with Crippen LogP contribution >= 0.6 is 0 Å². The van der Waals surface area contributed by atoms with Crippen molar-refractivity contribution in [1.29, 1.82) is 0 Å². The van der Waals surface area contributed by atoms with Gasteiger partial charge in [0.25, 0.3) is 0 Å². The molecule has 3 rings (SSSR count). The number of pyridine rings is 1. The molecule has 1 heteroatoms. The lowest BCUT2D eigenvalue weighted by Crippen LogP contribution is -1.81. The van der Waals surface area contributed by atoms with Crippen LogP contribution in [0.2, 0.25) is 0 Å². The Hall–Kier alpha value is -1.63. The molecule has 0 spiro atoms. The third-order valence-corrected chi connectivity index (χ3v) is 2.54. The molecule has 0 fully saturated rings. The monoisotopic (exact) mass is 227 g/mol. The summed E-state index contributed by atoms with van der Waals surface area (Å²) in [5, 5.41) is 0. The predicted octanol–water partition coefficient (Wildman–Crippen LogP) is 4.71. The summed E-state index contributed by atoms with van der Waals surface area (Å²) in [5.41, 5.74) is 5.22. The average molecular weight is 227 g/mol. The van der Waals surface area contributed by atoms with Crippen molar-refractivity contribution in [2.24, 2.45) is 0 Å². The van der Waals surface area contributed by atoms with Gasteiger partial charge in [0.2, 0.25) is 0 Å². The molecule has 0 radical (unpaired) electrons. The molecule has 1 aromatic carbocycles. The summed E-state index contributed by atoms with van der Waals surface area (Å²) in [5.74, 6) is 0. The van der Waals surface area contributed by atoms with E-state index in [9.17, 15) is 0 Å². The van der Waals surface area contributed by atoms with Crippen LogP contribution in [0.3, 0.4) is 0 Å². The number of aromatic nitrogens is 1. The van der Waals surface area contributed by atoms with Crippen molar-refractivity contribution < 1.29 is 0 Å². The van der Waals surface area contributed by atoms with Crippen molar-refractivity contribution in [3.63, 3.8) is 0 Å². The van der Waals surface area contributed by atoms with Crippen molar-refractivity contribution in [3.05, 3.63) is 53.7 Å². The van der Waals surface area contributed by atoms with Crippen LogP contribution in [0, 0.1) is 0 Å². The molecular formula is C16H21N. The third-order valence-electron chi connectivity index (χ3n) is 2.54. The minimum atomic E-state index is 1.04. The van der Waals surface area contributed by atoms with Gasteiger partial charge in [-0.25, -0.2) is 0 Å². The van der Waals surface area contributed by atoms with Gasteiger partial charge in [-0.1, -0.05) is 58.0 Å². The van der Waals surface area contributed by atoms with Gasteiger partial charge in [0.15, 0.2) is 0 Å². The largest absolute Gasteiger partial charge is 0.256 e. The Morgan fingerprint density at radius 3 is 2.24 bits per heavy atom. The molecular weight excluding hydrogens is 206 g/mol. The number of nitrogens with zero attached hydrogens (tertiary/aromatic N) is 1. The topological polar surface area (TPSA) is 12.9 Å². The number of rotatable bonds is 0. The maximum atomic E-state index is 4.40. The fourth-order valence-corrected chi connectivity index (χ4v) is 1.93. The van der Waals surface area contributed by atoms with Gasteiger partial charge in [-0.3, -0.25) is 4.98 Å². The standard InChI is InChI=1S/C12H9N.2C2H6/c1-2-6-11-9(4-1)8-10-5-3-7-13-12(10)11;2*1-2/h1-7H,8H2;2*1-2H3. The highest BCUT2D eigenvalue weighted by Gasteiger charge is 2.17. The fourth-order valence-electron chi connectivity index (χ4n) is 1.93. The molecule has 0 amide bonds. The summed E-state index contributed by atoms with van der Waals surface area (Å²) >= 11 is 0. The van der Waals surface area contributed by atoms with E-state index in [1.54, 1.807) is 0 Å². The predicted molar refractivity (Wildman–Crippen MR) is 75.2 cm³/mol. The van der Waals surface area contributed by atoms with Gasteiger partial charge in [0.05, 0.1) is 5.69 Å². The molecule has 1 nitrogen and oxygen atoms in total. The normalized spacial score (nSPS) is 10.1. The molecule has 0 aliphatic heterocycles. The van der Waals surface area contributed by atoms with Crippen molar-refractivity contribution >= 4 is 0 Å². The van der Waals surface area contributed by atoms with Crippen molar-refractivity contribution in [3.8, 4) is 11.3 Å². The van der Waals surface area contributed by atoms with Crippen molar-refractivity contribution in [1.82, 2.24) is 4.98 Å². The molecule has 0 saturated heterocycles. The van der Waals surface area contributed by atoms with E-state index in [0.717, 1.165) is 12.1 Å². The SMILES string of the molecule is CC.CC.c1ccc2c(c1)Cc1cccnc1-2.